The third-order valence-corrected chi connectivity index (χ3v) is 10.9. The van der Waals surface area contributed by atoms with Gasteiger partial charge in [-0.05, 0) is 104 Å². The van der Waals surface area contributed by atoms with Gasteiger partial charge in [0.1, 0.15) is 0 Å². The molecule has 0 bridgehead atoms. The highest BCUT2D eigenvalue weighted by Crippen LogP contribution is 2.42. The van der Waals surface area contributed by atoms with Crippen molar-refractivity contribution in [2.75, 3.05) is 0 Å². The number of rotatable bonds is 4. The van der Waals surface area contributed by atoms with Crippen LogP contribution >= 0.6 is 0 Å². The van der Waals surface area contributed by atoms with Crippen LogP contribution in [0.4, 0.5) is 0 Å². The van der Waals surface area contributed by atoms with E-state index in [9.17, 15) is 0 Å². The van der Waals surface area contributed by atoms with E-state index in [0.717, 1.165) is 0 Å². The number of aromatic nitrogens is 2. The Morgan fingerprint density at radius 1 is 0.269 bits per heavy atom. The minimum Gasteiger partial charge on any atom is -0.309 e. The topological polar surface area (TPSA) is 9.86 Å². The van der Waals surface area contributed by atoms with Crippen LogP contribution in [-0.2, 0) is 0 Å². The van der Waals surface area contributed by atoms with Gasteiger partial charge in [-0.15, -0.1) is 0 Å². The summed E-state index contributed by atoms with van der Waals surface area (Å²) in [6.45, 7) is 0. The van der Waals surface area contributed by atoms with E-state index in [2.05, 4.69) is 203 Å². The first-order valence-corrected chi connectivity index (χ1v) is 17.9. The Hall–Kier alpha value is -6.90. The summed E-state index contributed by atoms with van der Waals surface area (Å²) >= 11 is 0. The SMILES string of the molecule is c1ccc(-n2c3ccccc3c3cc(-c4cccc5c(-c6ccc7c(c6)c6c8ccccc8ccc6n7-c6ccccc6)cccc45)ccc32)cc1. The zero-order chi connectivity index (χ0) is 34.2. The second kappa shape index (κ2) is 11.3. The standard InChI is InChI=1S/C50H32N2/c1-3-14-36(15-4-1)51-46-24-10-9-19-43(46)44-31-34(26-28-47(44)51)38-20-11-23-42-39(21-12-22-41(38)42)35-27-29-48-45(32-35)50-40-18-8-7-13-33(40)25-30-49(50)52(48)37-16-5-2-6-17-37/h1-32H. The molecule has 0 fully saturated rings. The lowest BCUT2D eigenvalue weighted by molar-refractivity contribution is 1.18. The minimum absolute atomic E-state index is 1.17. The fraction of sp³-hybridized carbons (Fsp3) is 0. The lowest BCUT2D eigenvalue weighted by Crippen LogP contribution is -1.93. The summed E-state index contributed by atoms with van der Waals surface area (Å²) in [6, 6.07) is 70.9. The summed E-state index contributed by atoms with van der Waals surface area (Å²) < 4.78 is 4.79. The molecule has 0 aliphatic rings. The lowest BCUT2D eigenvalue weighted by Gasteiger charge is -2.13. The third kappa shape index (κ3) is 4.25. The van der Waals surface area contributed by atoms with Gasteiger partial charge < -0.3 is 9.13 Å². The second-order valence-electron chi connectivity index (χ2n) is 13.7. The molecular formula is C50H32N2. The molecule has 0 radical (unpaired) electrons. The third-order valence-electron chi connectivity index (χ3n) is 10.9. The second-order valence-corrected chi connectivity index (χ2v) is 13.7. The largest absolute Gasteiger partial charge is 0.309 e. The van der Waals surface area contributed by atoms with E-state index in [0.29, 0.717) is 0 Å². The van der Waals surface area contributed by atoms with Crippen LogP contribution in [0, 0.1) is 0 Å². The van der Waals surface area contributed by atoms with Gasteiger partial charge in [0.05, 0.1) is 22.1 Å². The quantitative estimate of drug-likeness (QED) is 0.178. The predicted molar refractivity (Wildman–Crippen MR) is 221 cm³/mol. The average Bonchev–Trinajstić information content (AvgIpc) is 3.73. The molecule has 9 aromatic carbocycles. The fourth-order valence-electron chi connectivity index (χ4n) is 8.62. The van der Waals surface area contributed by atoms with Gasteiger partial charge in [0.25, 0.3) is 0 Å². The predicted octanol–water partition coefficient (Wildman–Crippen LogP) is 13.5. The maximum Gasteiger partial charge on any atom is 0.0547 e. The van der Waals surface area contributed by atoms with Crippen LogP contribution in [0.3, 0.4) is 0 Å². The number of benzene rings is 9. The summed E-state index contributed by atoms with van der Waals surface area (Å²) in [4.78, 5) is 0. The monoisotopic (exact) mass is 660 g/mol. The van der Waals surface area contributed by atoms with Gasteiger partial charge >= 0.3 is 0 Å². The molecule has 0 saturated carbocycles. The molecular weight excluding hydrogens is 629 g/mol. The molecule has 0 aliphatic carbocycles. The van der Waals surface area contributed by atoms with Gasteiger partial charge in [-0.3, -0.25) is 0 Å². The van der Waals surface area contributed by atoms with Crippen LogP contribution in [0.15, 0.2) is 194 Å². The Morgan fingerprint density at radius 3 is 1.42 bits per heavy atom. The van der Waals surface area contributed by atoms with Gasteiger partial charge in [-0.1, -0.05) is 133 Å². The first kappa shape index (κ1) is 28.9. The molecule has 242 valence electrons. The lowest BCUT2D eigenvalue weighted by atomic mass is 9.92. The maximum absolute atomic E-state index is 2.41. The van der Waals surface area contributed by atoms with Crippen molar-refractivity contribution in [1.29, 1.82) is 0 Å². The van der Waals surface area contributed by atoms with Crippen molar-refractivity contribution in [3.8, 4) is 33.6 Å². The number of hydrogen-bond acceptors (Lipinski definition) is 0. The molecule has 2 nitrogen and oxygen atoms in total. The van der Waals surface area contributed by atoms with E-state index in [1.165, 1.54) is 98.8 Å². The van der Waals surface area contributed by atoms with Gasteiger partial charge in [0.15, 0.2) is 0 Å². The first-order valence-electron chi connectivity index (χ1n) is 17.9. The van der Waals surface area contributed by atoms with E-state index in [1.807, 2.05) is 0 Å². The molecule has 11 rings (SSSR count). The summed E-state index contributed by atoms with van der Waals surface area (Å²) in [5.74, 6) is 0. The van der Waals surface area contributed by atoms with Crippen molar-refractivity contribution in [3.05, 3.63) is 194 Å². The van der Waals surface area contributed by atoms with Crippen LogP contribution < -0.4 is 0 Å². The molecule has 11 aromatic rings. The Balaban J connectivity index is 1.12. The van der Waals surface area contributed by atoms with E-state index >= 15 is 0 Å². The molecule has 0 N–H and O–H groups in total. The Kier molecular flexibility index (Phi) is 6.28. The van der Waals surface area contributed by atoms with E-state index in [1.54, 1.807) is 0 Å². The average molecular weight is 661 g/mol. The number of hydrogen-bond donors (Lipinski definition) is 0. The molecule has 2 aromatic heterocycles. The Morgan fingerprint density at radius 2 is 0.750 bits per heavy atom. The molecule has 0 unspecified atom stereocenters. The highest BCUT2D eigenvalue weighted by molar-refractivity contribution is 6.22. The van der Waals surface area contributed by atoms with Crippen molar-refractivity contribution in [3.63, 3.8) is 0 Å². The van der Waals surface area contributed by atoms with Crippen LogP contribution in [-0.4, -0.2) is 9.13 Å². The summed E-state index contributed by atoms with van der Waals surface area (Å²) in [5.41, 5.74) is 12.1. The summed E-state index contributed by atoms with van der Waals surface area (Å²) in [6.07, 6.45) is 0. The molecule has 0 saturated heterocycles. The molecule has 0 spiro atoms. The fourth-order valence-corrected chi connectivity index (χ4v) is 8.62. The normalized spacial score (nSPS) is 11.8. The number of para-hydroxylation sites is 3. The maximum atomic E-state index is 2.41. The van der Waals surface area contributed by atoms with E-state index < -0.39 is 0 Å². The van der Waals surface area contributed by atoms with E-state index in [4.69, 9.17) is 0 Å². The van der Waals surface area contributed by atoms with Crippen molar-refractivity contribution < 1.29 is 0 Å². The van der Waals surface area contributed by atoms with Crippen molar-refractivity contribution in [2.24, 2.45) is 0 Å². The highest BCUT2D eigenvalue weighted by atomic mass is 15.0. The molecule has 0 atom stereocenters. The van der Waals surface area contributed by atoms with Crippen molar-refractivity contribution >= 4 is 65.2 Å². The smallest absolute Gasteiger partial charge is 0.0547 e. The van der Waals surface area contributed by atoms with Crippen LogP contribution in [0.2, 0.25) is 0 Å². The van der Waals surface area contributed by atoms with Gasteiger partial charge in [0, 0.05) is 32.9 Å². The van der Waals surface area contributed by atoms with Crippen molar-refractivity contribution in [1.82, 2.24) is 9.13 Å². The summed E-state index contributed by atoms with van der Waals surface area (Å²) in [7, 11) is 0. The number of fused-ring (bicyclic) bond motifs is 9. The van der Waals surface area contributed by atoms with Gasteiger partial charge in [0.2, 0.25) is 0 Å². The molecule has 52 heavy (non-hydrogen) atoms. The summed E-state index contributed by atoms with van der Waals surface area (Å²) in [5, 5.41) is 10.1. The van der Waals surface area contributed by atoms with Crippen LogP contribution in [0.25, 0.3) is 98.8 Å². The zero-order valence-electron chi connectivity index (χ0n) is 28.4. The number of nitrogens with zero attached hydrogens (tertiary/aromatic N) is 2. The van der Waals surface area contributed by atoms with Crippen LogP contribution in [0.5, 0.6) is 0 Å². The van der Waals surface area contributed by atoms with Gasteiger partial charge in [-0.2, -0.15) is 0 Å². The highest BCUT2D eigenvalue weighted by Gasteiger charge is 2.18. The molecule has 0 amide bonds. The molecule has 0 aliphatic heterocycles. The van der Waals surface area contributed by atoms with Crippen molar-refractivity contribution in [2.45, 2.75) is 0 Å². The minimum atomic E-state index is 1.17. The van der Waals surface area contributed by atoms with E-state index in [-0.39, 0.29) is 0 Å². The van der Waals surface area contributed by atoms with Crippen LogP contribution in [0.1, 0.15) is 0 Å². The zero-order valence-corrected chi connectivity index (χ0v) is 28.4. The Bertz CT molecular complexity index is 3160. The Labute approximate surface area is 301 Å². The van der Waals surface area contributed by atoms with Gasteiger partial charge in [-0.25, -0.2) is 0 Å². The molecule has 2 heterocycles. The first-order chi connectivity index (χ1) is 25.8. The molecule has 2 heteroatoms.